The molecule has 0 unspecified atom stereocenters. The van der Waals surface area contributed by atoms with Gasteiger partial charge in [-0.25, -0.2) is 4.98 Å². The first-order valence-corrected chi connectivity index (χ1v) is 5.45. The number of hydrogen-bond donors (Lipinski definition) is 0. The van der Waals surface area contributed by atoms with Crippen LogP contribution in [0.15, 0.2) is 58.0 Å². The second-order valence-electron chi connectivity index (χ2n) is 3.54. The largest absolute Gasteiger partial charge is 0.464 e. The minimum atomic E-state index is 0.622. The van der Waals surface area contributed by atoms with Gasteiger partial charge < -0.3 is 8.83 Å². The molecule has 0 aliphatic heterocycles. The van der Waals surface area contributed by atoms with Crippen LogP contribution in [-0.2, 0) is 0 Å². The molecule has 2 aromatic heterocycles. The Morgan fingerprint density at radius 1 is 1.06 bits per heavy atom. The zero-order valence-electron chi connectivity index (χ0n) is 8.76. The average Bonchev–Trinajstić information content (AvgIpc) is 3.03. The molecule has 1 aromatic carbocycles. The SMILES string of the molecule is Clc1ccc(-c2ccco2)cc1-c1cnco1. The summed E-state index contributed by atoms with van der Waals surface area (Å²) in [6, 6.07) is 9.38. The van der Waals surface area contributed by atoms with Gasteiger partial charge in [0.15, 0.2) is 12.2 Å². The van der Waals surface area contributed by atoms with Crippen molar-refractivity contribution in [1.82, 2.24) is 4.98 Å². The van der Waals surface area contributed by atoms with E-state index in [4.69, 9.17) is 20.4 Å². The Bertz CT molecular complexity index is 615. The van der Waals surface area contributed by atoms with Gasteiger partial charge in [-0.3, -0.25) is 0 Å². The first kappa shape index (κ1) is 10.2. The monoisotopic (exact) mass is 245 g/mol. The van der Waals surface area contributed by atoms with E-state index in [1.54, 1.807) is 12.5 Å². The third-order valence-electron chi connectivity index (χ3n) is 2.47. The van der Waals surface area contributed by atoms with E-state index in [1.807, 2.05) is 30.3 Å². The van der Waals surface area contributed by atoms with E-state index in [1.165, 1.54) is 6.39 Å². The van der Waals surface area contributed by atoms with Crippen LogP contribution in [0.5, 0.6) is 0 Å². The maximum Gasteiger partial charge on any atom is 0.181 e. The highest BCUT2D eigenvalue weighted by Crippen LogP contribution is 2.32. The molecule has 0 spiro atoms. The van der Waals surface area contributed by atoms with Gasteiger partial charge in [0.25, 0.3) is 0 Å². The summed E-state index contributed by atoms with van der Waals surface area (Å²) in [5.74, 6) is 1.44. The van der Waals surface area contributed by atoms with E-state index in [0.717, 1.165) is 16.9 Å². The summed E-state index contributed by atoms with van der Waals surface area (Å²) >= 11 is 6.13. The van der Waals surface area contributed by atoms with Crippen LogP contribution >= 0.6 is 11.6 Å². The third kappa shape index (κ3) is 1.85. The Kier molecular flexibility index (Phi) is 2.46. The van der Waals surface area contributed by atoms with Crippen LogP contribution < -0.4 is 0 Å². The summed E-state index contributed by atoms with van der Waals surface area (Å²) in [6.45, 7) is 0. The smallest absolute Gasteiger partial charge is 0.181 e. The normalized spacial score (nSPS) is 10.6. The van der Waals surface area contributed by atoms with Gasteiger partial charge in [0.2, 0.25) is 0 Å². The van der Waals surface area contributed by atoms with Gasteiger partial charge in [-0.1, -0.05) is 11.6 Å². The summed E-state index contributed by atoms with van der Waals surface area (Å²) in [7, 11) is 0. The molecule has 17 heavy (non-hydrogen) atoms. The van der Waals surface area contributed by atoms with E-state index < -0.39 is 0 Å². The minimum absolute atomic E-state index is 0.622. The molecular weight excluding hydrogens is 238 g/mol. The molecule has 0 saturated carbocycles. The second-order valence-corrected chi connectivity index (χ2v) is 3.94. The lowest BCUT2D eigenvalue weighted by Gasteiger charge is -2.03. The summed E-state index contributed by atoms with van der Waals surface area (Å²) in [5, 5.41) is 0.622. The molecule has 3 aromatic rings. The Hall–Kier alpha value is -2.00. The highest BCUT2D eigenvalue weighted by Gasteiger charge is 2.10. The molecule has 84 valence electrons. The number of oxazole rings is 1. The Balaban J connectivity index is 2.13. The summed E-state index contributed by atoms with van der Waals surface area (Å²) in [5.41, 5.74) is 1.75. The van der Waals surface area contributed by atoms with Crippen molar-refractivity contribution in [2.45, 2.75) is 0 Å². The van der Waals surface area contributed by atoms with Crippen molar-refractivity contribution in [2.75, 3.05) is 0 Å². The van der Waals surface area contributed by atoms with Crippen LogP contribution in [0.4, 0.5) is 0 Å². The fourth-order valence-electron chi connectivity index (χ4n) is 1.66. The molecule has 2 heterocycles. The van der Waals surface area contributed by atoms with Crippen LogP contribution in [-0.4, -0.2) is 4.98 Å². The van der Waals surface area contributed by atoms with Crippen LogP contribution in [0, 0.1) is 0 Å². The van der Waals surface area contributed by atoms with Crippen molar-refractivity contribution in [2.24, 2.45) is 0 Å². The fourth-order valence-corrected chi connectivity index (χ4v) is 1.87. The number of hydrogen-bond acceptors (Lipinski definition) is 3. The highest BCUT2D eigenvalue weighted by atomic mass is 35.5. The number of nitrogens with zero attached hydrogens (tertiary/aromatic N) is 1. The molecule has 0 saturated heterocycles. The summed E-state index contributed by atoms with van der Waals surface area (Å²) < 4.78 is 10.6. The predicted octanol–water partition coefficient (Wildman–Crippen LogP) is 4.26. The van der Waals surface area contributed by atoms with Gasteiger partial charge in [-0.05, 0) is 30.3 Å². The van der Waals surface area contributed by atoms with Gasteiger partial charge in [0, 0.05) is 11.1 Å². The zero-order valence-corrected chi connectivity index (χ0v) is 9.52. The Labute approximate surface area is 103 Å². The van der Waals surface area contributed by atoms with E-state index in [9.17, 15) is 0 Å². The molecule has 0 aliphatic carbocycles. The topological polar surface area (TPSA) is 39.2 Å². The maximum absolute atomic E-state index is 6.13. The molecule has 3 rings (SSSR count). The van der Waals surface area contributed by atoms with Crippen LogP contribution in [0.1, 0.15) is 0 Å². The summed E-state index contributed by atoms with van der Waals surface area (Å²) in [4.78, 5) is 3.88. The van der Waals surface area contributed by atoms with Gasteiger partial charge in [-0.15, -0.1) is 0 Å². The maximum atomic E-state index is 6.13. The molecule has 4 heteroatoms. The highest BCUT2D eigenvalue weighted by molar-refractivity contribution is 6.33. The van der Waals surface area contributed by atoms with Crippen molar-refractivity contribution in [3.63, 3.8) is 0 Å². The molecule has 0 fully saturated rings. The molecule has 0 aliphatic rings. The lowest BCUT2D eigenvalue weighted by Crippen LogP contribution is -1.80. The lowest BCUT2D eigenvalue weighted by atomic mass is 10.1. The molecular formula is C13H8ClNO2. The molecule has 0 atom stereocenters. The second kappa shape index (κ2) is 4.11. The molecule has 0 radical (unpaired) electrons. The van der Waals surface area contributed by atoms with E-state index in [2.05, 4.69) is 4.98 Å². The van der Waals surface area contributed by atoms with Crippen molar-refractivity contribution in [1.29, 1.82) is 0 Å². The molecule has 3 nitrogen and oxygen atoms in total. The fraction of sp³-hybridized carbons (Fsp3) is 0. The van der Waals surface area contributed by atoms with Crippen molar-refractivity contribution < 1.29 is 8.83 Å². The molecule has 0 amide bonds. The van der Waals surface area contributed by atoms with Crippen LogP contribution in [0.2, 0.25) is 5.02 Å². The number of furan rings is 1. The van der Waals surface area contributed by atoms with Crippen molar-refractivity contribution >= 4 is 11.6 Å². The summed E-state index contributed by atoms with van der Waals surface area (Å²) in [6.07, 6.45) is 4.65. The van der Waals surface area contributed by atoms with Gasteiger partial charge >= 0.3 is 0 Å². The predicted molar refractivity (Wildman–Crippen MR) is 64.7 cm³/mol. The first-order chi connectivity index (χ1) is 8.34. The van der Waals surface area contributed by atoms with Crippen LogP contribution in [0.25, 0.3) is 22.6 Å². The third-order valence-corrected chi connectivity index (χ3v) is 2.80. The zero-order chi connectivity index (χ0) is 11.7. The van der Waals surface area contributed by atoms with Gasteiger partial charge in [-0.2, -0.15) is 0 Å². The molecule has 0 N–H and O–H groups in total. The van der Waals surface area contributed by atoms with Gasteiger partial charge in [0.1, 0.15) is 5.76 Å². The number of benzene rings is 1. The van der Waals surface area contributed by atoms with E-state index >= 15 is 0 Å². The average molecular weight is 246 g/mol. The van der Waals surface area contributed by atoms with Crippen molar-refractivity contribution in [3.8, 4) is 22.6 Å². The first-order valence-electron chi connectivity index (χ1n) is 5.07. The number of rotatable bonds is 2. The van der Waals surface area contributed by atoms with Crippen LogP contribution in [0.3, 0.4) is 0 Å². The van der Waals surface area contributed by atoms with E-state index in [-0.39, 0.29) is 0 Å². The number of aromatic nitrogens is 1. The van der Waals surface area contributed by atoms with Crippen molar-refractivity contribution in [3.05, 3.63) is 54.2 Å². The van der Waals surface area contributed by atoms with E-state index in [0.29, 0.717) is 10.8 Å². The minimum Gasteiger partial charge on any atom is -0.464 e. The standard InChI is InChI=1S/C13H8ClNO2/c14-11-4-3-9(12-2-1-5-16-12)6-10(11)13-7-15-8-17-13/h1-8H. The molecule has 0 bridgehead atoms. The van der Waals surface area contributed by atoms with Gasteiger partial charge in [0.05, 0.1) is 17.5 Å². The Morgan fingerprint density at radius 3 is 2.71 bits per heavy atom. The lowest BCUT2D eigenvalue weighted by molar-refractivity contribution is 0.571. The quantitative estimate of drug-likeness (QED) is 0.677. The number of halogens is 1. The Morgan fingerprint density at radius 2 is 2.00 bits per heavy atom.